The third-order valence-electron chi connectivity index (χ3n) is 2.61. The average molecular weight is 318 g/mol. The molecule has 1 rings (SSSR count). The van der Waals surface area contributed by atoms with Crippen molar-refractivity contribution in [1.82, 2.24) is 5.32 Å². The molecule has 1 unspecified atom stereocenters. The van der Waals surface area contributed by atoms with Gasteiger partial charge in [0, 0.05) is 0 Å². The normalized spacial score (nSPS) is 12.4. The zero-order chi connectivity index (χ0) is 13.4. The largest absolute Gasteiger partial charge is 0.490 e. The van der Waals surface area contributed by atoms with Crippen molar-refractivity contribution < 1.29 is 9.13 Å². The molecule has 0 saturated carbocycles. The molecule has 0 aliphatic carbocycles. The molecule has 0 aliphatic rings. The van der Waals surface area contributed by atoms with Gasteiger partial charge in [0.05, 0.1) is 10.6 Å². The van der Waals surface area contributed by atoms with Gasteiger partial charge in [0.25, 0.3) is 0 Å². The van der Waals surface area contributed by atoms with Crippen LogP contribution in [0, 0.1) is 5.82 Å². The number of hydrogen-bond donors (Lipinski definition) is 1. The molecule has 0 bridgehead atoms. The van der Waals surface area contributed by atoms with E-state index in [-0.39, 0.29) is 11.9 Å². The summed E-state index contributed by atoms with van der Waals surface area (Å²) in [5.74, 6) is 0.441. The number of benzene rings is 1. The minimum atomic E-state index is -0.259. The van der Waals surface area contributed by atoms with Gasteiger partial charge in [-0.1, -0.05) is 6.92 Å². The van der Waals surface area contributed by atoms with Crippen LogP contribution in [0.1, 0.15) is 33.1 Å². The van der Waals surface area contributed by atoms with E-state index in [1.165, 1.54) is 12.1 Å². The summed E-state index contributed by atoms with van der Waals surface area (Å²) in [6.45, 7) is 6.28. The standard InChI is InChI=1S/C14H21BrFNO/c1-3-8-17-9-4-5-11(2)18-14-7-6-12(16)10-13(14)15/h6-7,10-11,17H,3-5,8-9H2,1-2H3. The summed E-state index contributed by atoms with van der Waals surface area (Å²) in [6, 6.07) is 4.49. The van der Waals surface area contributed by atoms with Crippen molar-refractivity contribution in [2.24, 2.45) is 0 Å². The van der Waals surface area contributed by atoms with Crippen LogP contribution in [-0.2, 0) is 0 Å². The lowest BCUT2D eigenvalue weighted by molar-refractivity contribution is 0.206. The second-order valence-electron chi connectivity index (χ2n) is 4.40. The fraction of sp³-hybridized carbons (Fsp3) is 0.571. The molecule has 0 heterocycles. The predicted octanol–water partition coefficient (Wildman–Crippen LogP) is 4.14. The van der Waals surface area contributed by atoms with Crippen LogP contribution < -0.4 is 10.1 Å². The monoisotopic (exact) mass is 317 g/mol. The van der Waals surface area contributed by atoms with Crippen molar-refractivity contribution in [3.63, 3.8) is 0 Å². The first kappa shape index (κ1) is 15.4. The molecular weight excluding hydrogens is 297 g/mol. The van der Waals surface area contributed by atoms with Gasteiger partial charge in [-0.25, -0.2) is 4.39 Å². The van der Waals surface area contributed by atoms with E-state index in [0.717, 1.165) is 32.4 Å². The SMILES string of the molecule is CCCNCCCC(C)Oc1ccc(F)cc1Br. The summed E-state index contributed by atoms with van der Waals surface area (Å²) < 4.78 is 19.3. The zero-order valence-electron chi connectivity index (χ0n) is 11.0. The molecule has 1 N–H and O–H groups in total. The van der Waals surface area contributed by atoms with Crippen molar-refractivity contribution >= 4 is 15.9 Å². The average Bonchev–Trinajstić information content (AvgIpc) is 2.32. The van der Waals surface area contributed by atoms with Crippen LogP contribution in [0.4, 0.5) is 4.39 Å². The fourth-order valence-electron chi connectivity index (χ4n) is 1.66. The van der Waals surface area contributed by atoms with Gasteiger partial charge in [0.1, 0.15) is 11.6 Å². The second kappa shape index (κ2) is 8.48. The molecule has 0 aromatic heterocycles. The lowest BCUT2D eigenvalue weighted by Gasteiger charge is -2.16. The van der Waals surface area contributed by atoms with Crippen LogP contribution in [0.25, 0.3) is 0 Å². The molecule has 2 nitrogen and oxygen atoms in total. The van der Waals surface area contributed by atoms with Crippen LogP contribution in [0.2, 0.25) is 0 Å². The molecule has 1 atom stereocenters. The van der Waals surface area contributed by atoms with Crippen LogP contribution >= 0.6 is 15.9 Å². The third kappa shape index (κ3) is 5.83. The highest BCUT2D eigenvalue weighted by atomic mass is 79.9. The van der Waals surface area contributed by atoms with E-state index in [9.17, 15) is 4.39 Å². The van der Waals surface area contributed by atoms with E-state index in [4.69, 9.17) is 4.74 Å². The summed E-state index contributed by atoms with van der Waals surface area (Å²) in [6.07, 6.45) is 3.37. The molecule has 1 aromatic carbocycles. The minimum Gasteiger partial charge on any atom is -0.490 e. The summed E-state index contributed by atoms with van der Waals surface area (Å²) in [4.78, 5) is 0. The van der Waals surface area contributed by atoms with Gasteiger partial charge in [0.15, 0.2) is 0 Å². The Morgan fingerprint density at radius 2 is 2.17 bits per heavy atom. The second-order valence-corrected chi connectivity index (χ2v) is 5.25. The quantitative estimate of drug-likeness (QED) is 0.728. The Morgan fingerprint density at radius 3 is 2.83 bits per heavy atom. The lowest BCUT2D eigenvalue weighted by Crippen LogP contribution is -2.19. The zero-order valence-corrected chi connectivity index (χ0v) is 12.6. The Morgan fingerprint density at radius 1 is 1.39 bits per heavy atom. The van der Waals surface area contributed by atoms with Crippen LogP contribution in [0.3, 0.4) is 0 Å². The van der Waals surface area contributed by atoms with Crippen LogP contribution in [-0.4, -0.2) is 19.2 Å². The van der Waals surface area contributed by atoms with Crippen molar-refractivity contribution in [1.29, 1.82) is 0 Å². The van der Waals surface area contributed by atoms with Gasteiger partial charge in [-0.2, -0.15) is 0 Å². The molecule has 4 heteroatoms. The van der Waals surface area contributed by atoms with Gasteiger partial charge in [0.2, 0.25) is 0 Å². The summed E-state index contributed by atoms with van der Waals surface area (Å²) in [5, 5.41) is 3.36. The maximum Gasteiger partial charge on any atom is 0.134 e. The van der Waals surface area contributed by atoms with Gasteiger partial charge in [-0.3, -0.25) is 0 Å². The van der Waals surface area contributed by atoms with E-state index in [2.05, 4.69) is 28.2 Å². The first-order valence-corrected chi connectivity index (χ1v) is 7.25. The Hall–Kier alpha value is -0.610. The molecule has 0 saturated heterocycles. The number of hydrogen-bond acceptors (Lipinski definition) is 2. The Bertz CT molecular complexity index is 360. The smallest absolute Gasteiger partial charge is 0.134 e. The Labute approximate surface area is 117 Å². The number of rotatable bonds is 8. The van der Waals surface area contributed by atoms with Gasteiger partial charge < -0.3 is 10.1 Å². The maximum atomic E-state index is 12.9. The van der Waals surface area contributed by atoms with Crippen LogP contribution in [0.5, 0.6) is 5.75 Å². The highest BCUT2D eigenvalue weighted by Gasteiger charge is 2.07. The molecule has 0 amide bonds. The van der Waals surface area contributed by atoms with E-state index >= 15 is 0 Å². The Balaban J connectivity index is 2.28. The van der Waals surface area contributed by atoms with E-state index in [1.807, 2.05) is 6.92 Å². The molecule has 1 aromatic rings. The number of halogens is 2. The van der Waals surface area contributed by atoms with Crippen molar-refractivity contribution in [3.8, 4) is 5.75 Å². The summed E-state index contributed by atoms with van der Waals surface area (Å²) in [7, 11) is 0. The molecule has 0 spiro atoms. The Kier molecular flexibility index (Phi) is 7.28. The molecule has 0 fully saturated rings. The lowest BCUT2D eigenvalue weighted by atomic mass is 10.2. The first-order valence-electron chi connectivity index (χ1n) is 6.46. The first-order chi connectivity index (χ1) is 8.63. The van der Waals surface area contributed by atoms with E-state index in [1.54, 1.807) is 6.07 Å². The molecule has 18 heavy (non-hydrogen) atoms. The van der Waals surface area contributed by atoms with Gasteiger partial charge in [-0.15, -0.1) is 0 Å². The van der Waals surface area contributed by atoms with Crippen molar-refractivity contribution in [2.75, 3.05) is 13.1 Å². The molecule has 0 aliphatic heterocycles. The van der Waals surface area contributed by atoms with Gasteiger partial charge >= 0.3 is 0 Å². The number of ether oxygens (including phenoxy) is 1. The minimum absolute atomic E-state index is 0.134. The topological polar surface area (TPSA) is 21.3 Å². The van der Waals surface area contributed by atoms with Crippen LogP contribution in [0.15, 0.2) is 22.7 Å². The fourth-order valence-corrected chi connectivity index (χ4v) is 2.11. The van der Waals surface area contributed by atoms with Gasteiger partial charge in [-0.05, 0) is 73.4 Å². The van der Waals surface area contributed by atoms with Crippen molar-refractivity contribution in [2.45, 2.75) is 39.2 Å². The highest BCUT2D eigenvalue weighted by molar-refractivity contribution is 9.10. The van der Waals surface area contributed by atoms with E-state index in [0.29, 0.717) is 10.2 Å². The molecule has 102 valence electrons. The summed E-state index contributed by atoms with van der Waals surface area (Å²) in [5.41, 5.74) is 0. The molecule has 0 radical (unpaired) electrons. The summed E-state index contributed by atoms with van der Waals surface area (Å²) >= 11 is 3.30. The van der Waals surface area contributed by atoms with E-state index < -0.39 is 0 Å². The maximum absolute atomic E-state index is 12.9. The van der Waals surface area contributed by atoms with Crippen molar-refractivity contribution in [3.05, 3.63) is 28.5 Å². The predicted molar refractivity (Wildman–Crippen MR) is 76.6 cm³/mol. The highest BCUT2D eigenvalue weighted by Crippen LogP contribution is 2.26. The molecular formula is C14H21BrFNO. The third-order valence-corrected chi connectivity index (χ3v) is 3.23. The number of nitrogens with one attached hydrogen (secondary N) is 1.